The minimum atomic E-state index is -0.926. The Hall–Kier alpha value is -3.85. The predicted molar refractivity (Wildman–Crippen MR) is 163 cm³/mol. The second kappa shape index (κ2) is 14.7. The molecule has 0 fully saturated rings. The number of carbonyl (C=O) groups is 2. The van der Waals surface area contributed by atoms with Gasteiger partial charge >= 0.3 is 11.9 Å². The first kappa shape index (κ1) is 30.1. The van der Waals surface area contributed by atoms with Gasteiger partial charge in [-0.05, 0) is 53.1 Å². The summed E-state index contributed by atoms with van der Waals surface area (Å²) in [5.74, 6) is 0.0759. The van der Waals surface area contributed by atoms with Gasteiger partial charge in [0, 0.05) is 16.2 Å². The van der Waals surface area contributed by atoms with Crippen LogP contribution in [-0.2, 0) is 19.1 Å². The Balaban J connectivity index is 1.58. The molecule has 0 amide bonds. The van der Waals surface area contributed by atoms with Gasteiger partial charge in [0.2, 0.25) is 0 Å². The van der Waals surface area contributed by atoms with Crippen LogP contribution < -0.4 is 4.74 Å². The molecule has 2 unspecified atom stereocenters. The van der Waals surface area contributed by atoms with E-state index in [2.05, 4.69) is 9.72 Å². The Morgan fingerprint density at radius 2 is 1.68 bits per heavy atom. The standard InChI is InChI=1S/C32H30ClNO6S/c1-38-29(35)15-16-41-32(31(37)23-6-4-8-27(18-23)40-20-30(36)39-2)24-7-3-5-21(17-24)9-13-26-14-11-22-10-12-25(33)19-28(22)34-26/h3-14,17-19,31-32,37H,15-16,20H2,1-2H3/b13-9+. The summed E-state index contributed by atoms with van der Waals surface area (Å²) in [6.45, 7) is -0.235. The minimum Gasteiger partial charge on any atom is -0.482 e. The van der Waals surface area contributed by atoms with Gasteiger partial charge in [-0.2, -0.15) is 11.8 Å². The molecule has 0 saturated heterocycles. The molecule has 0 saturated carbocycles. The van der Waals surface area contributed by atoms with E-state index >= 15 is 0 Å². The number of halogens is 1. The summed E-state index contributed by atoms with van der Waals surface area (Å²) in [7, 11) is 2.65. The first-order valence-corrected chi connectivity index (χ1v) is 14.3. The monoisotopic (exact) mass is 591 g/mol. The van der Waals surface area contributed by atoms with Gasteiger partial charge in [0.15, 0.2) is 6.61 Å². The Kier molecular flexibility index (Phi) is 10.8. The highest BCUT2D eigenvalue weighted by Gasteiger charge is 2.24. The van der Waals surface area contributed by atoms with Crippen molar-refractivity contribution in [2.75, 3.05) is 26.6 Å². The number of nitrogens with zero attached hydrogens (tertiary/aromatic N) is 1. The van der Waals surface area contributed by atoms with Crippen molar-refractivity contribution in [3.63, 3.8) is 0 Å². The second-order valence-electron chi connectivity index (χ2n) is 9.08. The third kappa shape index (κ3) is 8.57. The summed E-state index contributed by atoms with van der Waals surface area (Å²) >= 11 is 7.59. The molecule has 0 aliphatic heterocycles. The zero-order valence-electron chi connectivity index (χ0n) is 22.7. The minimum absolute atomic E-state index is 0.212. The molecule has 4 rings (SSSR count). The molecule has 0 aliphatic rings. The molecular weight excluding hydrogens is 562 g/mol. The van der Waals surface area contributed by atoms with Gasteiger partial charge in [-0.25, -0.2) is 9.78 Å². The fraction of sp³-hybridized carbons (Fsp3) is 0.219. The van der Waals surface area contributed by atoms with Gasteiger partial charge in [-0.3, -0.25) is 4.79 Å². The molecule has 0 radical (unpaired) electrons. The Morgan fingerprint density at radius 3 is 2.49 bits per heavy atom. The zero-order valence-corrected chi connectivity index (χ0v) is 24.2. The van der Waals surface area contributed by atoms with E-state index in [1.807, 2.05) is 66.7 Å². The van der Waals surface area contributed by atoms with Crippen molar-refractivity contribution in [1.29, 1.82) is 0 Å². The highest BCUT2D eigenvalue weighted by atomic mass is 35.5. The largest absolute Gasteiger partial charge is 0.482 e. The van der Waals surface area contributed by atoms with Crippen molar-refractivity contribution >= 4 is 58.4 Å². The number of esters is 2. The highest BCUT2D eigenvalue weighted by Crippen LogP contribution is 2.41. The summed E-state index contributed by atoms with van der Waals surface area (Å²) in [6, 6.07) is 24.4. The normalized spacial score (nSPS) is 12.7. The number of aliphatic hydroxyl groups excluding tert-OH is 1. The predicted octanol–water partition coefficient (Wildman–Crippen LogP) is 6.68. The molecule has 0 aliphatic carbocycles. The first-order chi connectivity index (χ1) is 19.9. The molecule has 1 N–H and O–H groups in total. The average molecular weight is 592 g/mol. The van der Waals surface area contributed by atoms with E-state index < -0.39 is 17.3 Å². The third-order valence-corrected chi connectivity index (χ3v) is 7.83. The molecule has 212 valence electrons. The number of hydrogen-bond acceptors (Lipinski definition) is 8. The van der Waals surface area contributed by atoms with E-state index in [0.29, 0.717) is 22.1 Å². The molecule has 0 bridgehead atoms. The SMILES string of the molecule is COC(=O)CCSC(c1cccc(/C=C/c2ccc3ccc(Cl)cc3n2)c1)C(O)c1cccc(OCC(=O)OC)c1. The smallest absolute Gasteiger partial charge is 0.343 e. The number of rotatable bonds is 12. The van der Waals surface area contributed by atoms with Crippen molar-refractivity contribution in [2.45, 2.75) is 17.8 Å². The summed E-state index contributed by atoms with van der Waals surface area (Å²) in [6.07, 6.45) is 3.18. The van der Waals surface area contributed by atoms with Gasteiger partial charge < -0.3 is 19.3 Å². The fourth-order valence-electron chi connectivity index (χ4n) is 4.13. The molecule has 0 spiro atoms. The van der Waals surface area contributed by atoms with E-state index in [4.69, 9.17) is 21.1 Å². The maximum absolute atomic E-state index is 11.8. The van der Waals surface area contributed by atoms with Crippen molar-refractivity contribution in [3.8, 4) is 5.75 Å². The van der Waals surface area contributed by atoms with Crippen LogP contribution in [0.5, 0.6) is 5.75 Å². The van der Waals surface area contributed by atoms with Crippen LogP contribution in [0.3, 0.4) is 0 Å². The van der Waals surface area contributed by atoms with Crippen LogP contribution in [0.15, 0.2) is 78.9 Å². The van der Waals surface area contributed by atoms with Crippen LogP contribution in [0.2, 0.25) is 5.02 Å². The maximum atomic E-state index is 11.8. The lowest BCUT2D eigenvalue weighted by molar-refractivity contribution is -0.143. The van der Waals surface area contributed by atoms with Crippen LogP contribution in [0.1, 0.15) is 40.2 Å². The topological polar surface area (TPSA) is 95.0 Å². The van der Waals surface area contributed by atoms with Crippen molar-refractivity contribution in [3.05, 3.63) is 106 Å². The number of pyridine rings is 1. The maximum Gasteiger partial charge on any atom is 0.343 e. The Morgan fingerprint density at radius 1 is 0.927 bits per heavy atom. The number of aromatic nitrogens is 1. The molecule has 4 aromatic rings. The van der Waals surface area contributed by atoms with Crippen molar-refractivity contribution in [2.24, 2.45) is 0 Å². The van der Waals surface area contributed by atoms with Gasteiger partial charge in [-0.15, -0.1) is 0 Å². The number of fused-ring (bicyclic) bond motifs is 1. The second-order valence-corrected chi connectivity index (χ2v) is 10.8. The Bertz CT molecular complexity index is 1540. The van der Waals surface area contributed by atoms with Crippen molar-refractivity contribution in [1.82, 2.24) is 4.98 Å². The molecule has 3 aromatic carbocycles. The fourth-order valence-corrected chi connectivity index (χ4v) is 5.51. The molecule has 9 heteroatoms. The Labute approximate surface area is 248 Å². The lowest BCUT2D eigenvalue weighted by Gasteiger charge is -2.24. The molecule has 2 atom stereocenters. The van der Waals surface area contributed by atoms with E-state index in [0.717, 1.165) is 27.7 Å². The van der Waals surface area contributed by atoms with Gasteiger partial charge in [0.1, 0.15) is 5.75 Å². The summed E-state index contributed by atoms with van der Waals surface area (Å²) in [5, 5.41) is 12.7. The van der Waals surface area contributed by atoms with Crippen LogP contribution in [-0.4, -0.2) is 48.6 Å². The number of carbonyl (C=O) groups excluding carboxylic acids is 2. The van der Waals surface area contributed by atoms with Gasteiger partial charge in [-0.1, -0.05) is 66.2 Å². The first-order valence-electron chi connectivity index (χ1n) is 12.9. The molecule has 1 aromatic heterocycles. The number of methoxy groups -OCH3 is 2. The number of hydrogen-bond donors (Lipinski definition) is 1. The van der Waals surface area contributed by atoms with Crippen LogP contribution in [0, 0.1) is 0 Å². The number of benzene rings is 3. The van der Waals surface area contributed by atoms with E-state index in [9.17, 15) is 14.7 Å². The number of aliphatic hydroxyl groups is 1. The number of thioether (sulfide) groups is 1. The van der Waals surface area contributed by atoms with Gasteiger partial charge in [0.25, 0.3) is 0 Å². The van der Waals surface area contributed by atoms with Crippen LogP contribution in [0.25, 0.3) is 23.1 Å². The average Bonchev–Trinajstić information content (AvgIpc) is 3.00. The summed E-state index contributed by atoms with van der Waals surface area (Å²) < 4.78 is 14.9. The molecular formula is C32H30ClNO6S. The van der Waals surface area contributed by atoms with Crippen LogP contribution >= 0.6 is 23.4 Å². The quantitative estimate of drug-likeness (QED) is 0.182. The zero-order chi connectivity index (χ0) is 29.2. The van der Waals surface area contributed by atoms with E-state index in [1.54, 1.807) is 24.3 Å². The summed E-state index contributed by atoms with van der Waals surface area (Å²) in [4.78, 5) is 27.9. The molecule has 7 nitrogen and oxygen atoms in total. The third-order valence-electron chi connectivity index (χ3n) is 6.26. The van der Waals surface area contributed by atoms with Crippen LogP contribution in [0.4, 0.5) is 0 Å². The number of ether oxygens (including phenoxy) is 3. The lowest BCUT2D eigenvalue weighted by Crippen LogP contribution is -2.13. The molecule has 1 heterocycles. The summed E-state index contributed by atoms with van der Waals surface area (Å²) in [5.41, 5.74) is 4.03. The highest BCUT2D eigenvalue weighted by molar-refractivity contribution is 7.99. The van der Waals surface area contributed by atoms with Gasteiger partial charge in [0.05, 0.1) is 43.2 Å². The van der Waals surface area contributed by atoms with E-state index in [-0.39, 0.29) is 19.0 Å². The van der Waals surface area contributed by atoms with E-state index in [1.165, 1.54) is 26.0 Å². The van der Waals surface area contributed by atoms with Crippen molar-refractivity contribution < 1.29 is 28.9 Å². The lowest BCUT2D eigenvalue weighted by atomic mass is 9.99. The molecule has 41 heavy (non-hydrogen) atoms.